The first kappa shape index (κ1) is 24.1. The molecule has 4 heterocycles. The van der Waals surface area contributed by atoms with Crippen molar-refractivity contribution in [3.63, 3.8) is 0 Å². The highest BCUT2D eigenvalue weighted by Gasteiger charge is 2.27. The Hall–Kier alpha value is -5.24. The van der Waals surface area contributed by atoms with Gasteiger partial charge in [-0.1, -0.05) is 30.8 Å². The van der Waals surface area contributed by atoms with Gasteiger partial charge in [0.1, 0.15) is 5.75 Å². The molecule has 0 spiro atoms. The molecule has 8 heteroatoms. The maximum Gasteiger partial charge on any atom is 0.251 e. The maximum atomic E-state index is 12.8. The first-order valence-corrected chi connectivity index (χ1v) is 12.5. The number of carbonyl (C=O) groups excluding carboxylic acids is 2. The van der Waals surface area contributed by atoms with Crippen LogP contribution in [0.25, 0.3) is 27.9 Å². The second-order valence-electron chi connectivity index (χ2n) is 9.33. The number of fused-ring (bicyclic) bond motifs is 2. The smallest absolute Gasteiger partial charge is 0.251 e. The summed E-state index contributed by atoms with van der Waals surface area (Å²) >= 11 is 0. The second kappa shape index (κ2) is 9.57. The molecule has 0 fully saturated rings. The molecule has 8 nitrogen and oxygen atoms in total. The fraction of sp³-hybridized carbons (Fsp3) is 0.0968. The Morgan fingerprint density at radius 2 is 1.87 bits per heavy atom. The Labute approximate surface area is 225 Å². The SMILES string of the molecule is C=CC(=O)N1CCc2cc(-c3c(-c4ccc(Oc5cccc(C)n5)cc4)c(C(N)=O)c4cnccn34)ccc21. The molecule has 0 unspecified atom stereocenters. The summed E-state index contributed by atoms with van der Waals surface area (Å²) in [7, 11) is 0. The van der Waals surface area contributed by atoms with Crippen molar-refractivity contribution in [3.05, 3.63) is 109 Å². The quantitative estimate of drug-likeness (QED) is 0.308. The lowest BCUT2D eigenvalue weighted by Gasteiger charge is -2.16. The minimum atomic E-state index is -0.546. The molecule has 0 radical (unpaired) electrons. The zero-order chi connectivity index (χ0) is 27.1. The number of aromatic nitrogens is 3. The van der Waals surface area contributed by atoms with E-state index in [1.165, 1.54) is 6.08 Å². The van der Waals surface area contributed by atoms with Crippen LogP contribution in [0.1, 0.15) is 21.6 Å². The van der Waals surface area contributed by atoms with Gasteiger partial charge in [0.2, 0.25) is 11.8 Å². The van der Waals surface area contributed by atoms with Crippen molar-refractivity contribution in [2.45, 2.75) is 13.3 Å². The van der Waals surface area contributed by atoms with Crippen LogP contribution >= 0.6 is 0 Å². The molecule has 1 aliphatic heterocycles. The fourth-order valence-corrected chi connectivity index (χ4v) is 5.20. The summed E-state index contributed by atoms with van der Waals surface area (Å²) < 4.78 is 7.87. The lowest BCUT2D eigenvalue weighted by atomic mass is 9.95. The molecule has 5 aromatic rings. The largest absolute Gasteiger partial charge is 0.439 e. The molecule has 0 aliphatic carbocycles. The van der Waals surface area contributed by atoms with Crippen LogP contribution in [-0.4, -0.2) is 32.7 Å². The van der Waals surface area contributed by atoms with Crippen molar-refractivity contribution in [1.82, 2.24) is 14.4 Å². The van der Waals surface area contributed by atoms with Gasteiger partial charge in [-0.3, -0.25) is 14.6 Å². The molecular weight excluding hydrogens is 490 g/mol. The van der Waals surface area contributed by atoms with Gasteiger partial charge in [0.25, 0.3) is 5.91 Å². The summed E-state index contributed by atoms with van der Waals surface area (Å²) in [6.45, 7) is 6.12. The van der Waals surface area contributed by atoms with Crippen LogP contribution in [0.3, 0.4) is 0 Å². The van der Waals surface area contributed by atoms with Crippen molar-refractivity contribution in [2.75, 3.05) is 11.4 Å². The lowest BCUT2D eigenvalue weighted by Crippen LogP contribution is -2.26. The van der Waals surface area contributed by atoms with E-state index >= 15 is 0 Å². The van der Waals surface area contributed by atoms with Crippen LogP contribution in [0.15, 0.2) is 91.9 Å². The van der Waals surface area contributed by atoms with Crippen LogP contribution in [0.5, 0.6) is 11.6 Å². The van der Waals surface area contributed by atoms with E-state index in [1.807, 2.05) is 66.1 Å². The number of ether oxygens (including phenoxy) is 1. The molecule has 39 heavy (non-hydrogen) atoms. The molecule has 0 saturated carbocycles. The minimum absolute atomic E-state index is 0.124. The number of hydrogen-bond donors (Lipinski definition) is 1. The van der Waals surface area contributed by atoms with Gasteiger partial charge in [0, 0.05) is 41.9 Å². The zero-order valence-corrected chi connectivity index (χ0v) is 21.3. The third-order valence-corrected chi connectivity index (χ3v) is 6.91. The maximum absolute atomic E-state index is 12.8. The standard InChI is InChI=1S/C31H25N5O3/c1-3-27(37)35-15-13-21-17-22(9-12-24(21)35)30-28(29(31(32)38)25-18-33-14-16-36(25)30)20-7-10-23(11-8-20)39-26-6-4-5-19(2)34-26/h3-12,14,16-18H,1,13,15H2,2H3,(H2,32,38). The molecule has 2 N–H and O–H groups in total. The highest BCUT2D eigenvalue weighted by atomic mass is 16.5. The topological polar surface area (TPSA) is 103 Å². The summed E-state index contributed by atoms with van der Waals surface area (Å²) in [5, 5.41) is 0. The number of anilines is 1. The molecule has 1 aliphatic rings. The van der Waals surface area contributed by atoms with Crippen molar-refractivity contribution >= 4 is 23.0 Å². The summed E-state index contributed by atoms with van der Waals surface area (Å²) in [6, 6.07) is 19.1. The third-order valence-electron chi connectivity index (χ3n) is 6.91. The first-order chi connectivity index (χ1) is 18.9. The van der Waals surface area contributed by atoms with E-state index < -0.39 is 5.91 Å². The first-order valence-electron chi connectivity index (χ1n) is 12.5. The Morgan fingerprint density at radius 3 is 2.62 bits per heavy atom. The van der Waals surface area contributed by atoms with Gasteiger partial charge in [-0.25, -0.2) is 4.98 Å². The molecule has 2 aromatic carbocycles. The van der Waals surface area contributed by atoms with Gasteiger partial charge >= 0.3 is 0 Å². The molecule has 6 rings (SSSR count). The number of rotatable bonds is 6. The van der Waals surface area contributed by atoms with Crippen molar-refractivity contribution in [1.29, 1.82) is 0 Å². The van der Waals surface area contributed by atoms with E-state index in [4.69, 9.17) is 10.5 Å². The van der Waals surface area contributed by atoms with Gasteiger partial charge in [-0.05, 0) is 66.4 Å². The van der Waals surface area contributed by atoms with Crippen LogP contribution in [-0.2, 0) is 11.2 Å². The van der Waals surface area contributed by atoms with E-state index in [2.05, 4.69) is 22.6 Å². The van der Waals surface area contributed by atoms with Gasteiger partial charge in [-0.2, -0.15) is 0 Å². The Bertz CT molecular complexity index is 1770. The predicted molar refractivity (Wildman–Crippen MR) is 150 cm³/mol. The highest BCUT2D eigenvalue weighted by Crippen LogP contribution is 2.42. The van der Waals surface area contributed by atoms with Crippen molar-refractivity contribution in [3.8, 4) is 34.0 Å². The molecule has 0 bridgehead atoms. The van der Waals surface area contributed by atoms with E-state index in [9.17, 15) is 9.59 Å². The van der Waals surface area contributed by atoms with Gasteiger partial charge < -0.3 is 19.8 Å². The summed E-state index contributed by atoms with van der Waals surface area (Å²) in [6.07, 6.45) is 7.20. The van der Waals surface area contributed by atoms with Gasteiger partial charge in [0.05, 0.1) is 23.0 Å². The monoisotopic (exact) mass is 515 g/mol. The molecule has 192 valence electrons. The number of hydrogen-bond acceptors (Lipinski definition) is 5. The third kappa shape index (κ3) is 4.21. The second-order valence-corrected chi connectivity index (χ2v) is 9.33. The molecule has 0 saturated heterocycles. The van der Waals surface area contributed by atoms with E-state index in [0.29, 0.717) is 34.8 Å². The van der Waals surface area contributed by atoms with Gasteiger partial charge in [0.15, 0.2) is 0 Å². The number of aryl methyl sites for hydroxylation is 1. The number of benzene rings is 2. The average molecular weight is 516 g/mol. The summed E-state index contributed by atoms with van der Waals surface area (Å²) in [4.78, 5) is 35.5. The predicted octanol–water partition coefficient (Wildman–Crippen LogP) is 5.34. The van der Waals surface area contributed by atoms with E-state index in [1.54, 1.807) is 23.4 Å². The van der Waals surface area contributed by atoms with Crippen LogP contribution in [0.4, 0.5) is 5.69 Å². The molecule has 0 atom stereocenters. The van der Waals surface area contributed by atoms with Crippen LogP contribution in [0, 0.1) is 6.92 Å². The lowest BCUT2D eigenvalue weighted by molar-refractivity contribution is -0.114. The fourth-order valence-electron chi connectivity index (χ4n) is 5.20. The van der Waals surface area contributed by atoms with Crippen LogP contribution in [0.2, 0.25) is 0 Å². The Morgan fingerprint density at radius 1 is 1.08 bits per heavy atom. The minimum Gasteiger partial charge on any atom is -0.439 e. The Balaban J connectivity index is 1.49. The van der Waals surface area contributed by atoms with Crippen molar-refractivity contribution < 1.29 is 14.3 Å². The average Bonchev–Trinajstić information content (AvgIpc) is 3.52. The summed E-state index contributed by atoms with van der Waals surface area (Å²) in [5.41, 5.74) is 12.9. The van der Waals surface area contributed by atoms with Crippen molar-refractivity contribution in [2.24, 2.45) is 5.73 Å². The summed E-state index contributed by atoms with van der Waals surface area (Å²) in [5.74, 6) is 0.452. The number of amides is 2. The molecular formula is C31H25N5O3. The Kier molecular flexibility index (Phi) is 5.92. The van der Waals surface area contributed by atoms with E-state index in [-0.39, 0.29) is 5.91 Å². The normalized spacial score (nSPS) is 12.4. The number of pyridine rings is 1. The number of nitrogens with zero attached hydrogens (tertiary/aromatic N) is 4. The molecule has 2 amide bonds. The molecule has 3 aromatic heterocycles. The van der Waals surface area contributed by atoms with Crippen LogP contribution < -0.4 is 15.4 Å². The number of nitrogens with two attached hydrogens (primary N) is 1. The highest BCUT2D eigenvalue weighted by molar-refractivity contribution is 6.11. The van der Waals surface area contributed by atoms with Gasteiger partial charge in [-0.15, -0.1) is 0 Å². The number of primary amides is 1. The zero-order valence-electron chi connectivity index (χ0n) is 21.3. The van der Waals surface area contributed by atoms with E-state index in [0.717, 1.165) is 40.2 Å². The number of carbonyl (C=O) groups is 2.